The summed E-state index contributed by atoms with van der Waals surface area (Å²) in [5.74, 6) is -1.29. The molecule has 1 unspecified atom stereocenters. The average Bonchev–Trinajstić information content (AvgIpc) is 3.32. The highest BCUT2D eigenvalue weighted by Crippen LogP contribution is 2.35. The Morgan fingerprint density at radius 1 is 0.974 bits per heavy atom. The first-order valence-electron chi connectivity index (χ1n) is 12.6. The molecule has 206 valence electrons. The van der Waals surface area contributed by atoms with Crippen LogP contribution in [0.2, 0.25) is 0 Å². The highest BCUT2D eigenvalue weighted by Gasteiger charge is 2.41. The zero-order chi connectivity index (χ0) is 28.6. The summed E-state index contributed by atoms with van der Waals surface area (Å²) in [4.78, 5) is 27.9. The third-order valence-corrected chi connectivity index (χ3v) is 6.77. The second-order valence-corrected chi connectivity index (χ2v) is 11.3. The molecule has 2 amide bonds. The van der Waals surface area contributed by atoms with Gasteiger partial charge in [0.25, 0.3) is 15.6 Å². The van der Waals surface area contributed by atoms with E-state index in [9.17, 15) is 14.0 Å². The summed E-state index contributed by atoms with van der Waals surface area (Å²) < 4.78 is 11.3. The molecule has 0 aliphatic heterocycles. The molecule has 0 saturated carbocycles. The van der Waals surface area contributed by atoms with E-state index in [2.05, 4.69) is 5.32 Å². The molecule has 4 rings (SSSR count). The lowest BCUT2D eigenvalue weighted by Gasteiger charge is -2.30. The van der Waals surface area contributed by atoms with E-state index in [4.69, 9.17) is 40.5 Å². The van der Waals surface area contributed by atoms with E-state index in [1.165, 1.54) is 12.1 Å². The first kappa shape index (κ1) is 30.5. The number of hydrogen-bond donors (Lipinski definition) is 2. The molecule has 0 aromatic heterocycles. The maximum atomic E-state index is 13.5. The minimum absolute atomic E-state index is 0.173. The van der Waals surface area contributed by atoms with E-state index in [0.717, 1.165) is 11.1 Å². The predicted octanol–water partition coefficient (Wildman–Crippen LogP) is 7.27. The van der Waals surface area contributed by atoms with Gasteiger partial charge in [0.1, 0.15) is 5.82 Å². The zero-order valence-electron chi connectivity index (χ0n) is 21.8. The Morgan fingerprint density at radius 2 is 1.59 bits per heavy atom. The van der Waals surface area contributed by atoms with Crippen molar-refractivity contribution < 1.29 is 14.0 Å². The number of hydrogen-bond acceptors (Lipinski definition) is 3. The Kier molecular flexibility index (Phi) is 10.4. The first-order valence-corrected chi connectivity index (χ1v) is 13.7. The van der Waals surface area contributed by atoms with Crippen molar-refractivity contribution in [2.24, 2.45) is 0 Å². The number of carbonyl (C=O) groups excluding carboxylic acids is 2. The van der Waals surface area contributed by atoms with Crippen molar-refractivity contribution >= 4 is 58.0 Å². The largest absolute Gasteiger partial charge is 0.399 e. The number of alkyl halides is 3. The zero-order valence-corrected chi connectivity index (χ0v) is 24.0. The van der Waals surface area contributed by atoms with Crippen LogP contribution in [-0.4, -0.2) is 27.7 Å². The fourth-order valence-corrected chi connectivity index (χ4v) is 4.61. The lowest BCUT2D eigenvalue weighted by molar-refractivity contribution is -0.121. The van der Waals surface area contributed by atoms with Gasteiger partial charge in [-0.15, -0.1) is 0 Å². The number of amides is 2. The van der Waals surface area contributed by atoms with Gasteiger partial charge in [-0.1, -0.05) is 90.6 Å². The molecule has 0 spiro atoms. The van der Waals surface area contributed by atoms with Gasteiger partial charge in [0.15, 0.2) is 0 Å². The smallest absolute Gasteiger partial charge is 0.272 e. The summed E-state index contributed by atoms with van der Waals surface area (Å²) in [6.45, 7) is 4.28. The Bertz CT molecular complexity index is 1290. The van der Waals surface area contributed by atoms with Crippen LogP contribution in [0, 0.1) is 5.82 Å². The number of halogens is 4. The van der Waals surface area contributed by atoms with Gasteiger partial charge < -0.3 is 16.0 Å². The summed E-state index contributed by atoms with van der Waals surface area (Å²) in [6.07, 6.45) is 3.39. The summed E-state index contributed by atoms with van der Waals surface area (Å²) in [5.41, 5.74) is 8.53. The quantitative estimate of drug-likeness (QED) is 0.173. The van der Waals surface area contributed by atoms with Gasteiger partial charge in [0, 0.05) is 23.5 Å². The molecule has 0 heterocycles. The van der Waals surface area contributed by atoms with Gasteiger partial charge >= 0.3 is 0 Å². The van der Waals surface area contributed by atoms with E-state index >= 15 is 0 Å². The number of nitrogen functional groups attached to an aromatic ring is 1. The molecule has 9 heteroatoms. The van der Waals surface area contributed by atoms with E-state index < -0.39 is 15.2 Å². The van der Waals surface area contributed by atoms with E-state index in [1.54, 1.807) is 53.4 Å². The first-order chi connectivity index (χ1) is 18.5. The number of anilines is 2. The lowest BCUT2D eigenvalue weighted by atomic mass is 9.90. The van der Waals surface area contributed by atoms with Crippen LogP contribution in [0.3, 0.4) is 0 Å². The van der Waals surface area contributed by atoms with Crippen molar-refractivity contribution in [3.05, 3.63) is 107 Å². The molecule has 5 nitrogen and oxygen atoms in total. The minimum atomic E-state index is -2.15. The molecule has 0 fully saturated rings. The summed E-state index contributed by atoms with van der Waals surface area (Å²) in [5, 5.41) is 2.88. The summed E-state index contributed by atoms with van der Waals surface area (Å²) >= 11 is 17.6. The molecule has 3 aromatic carbocycles. The second-order valence-electron chi connectivity index (χ2n) is 9.06. The number of nitrogens with one attached hydrogen (secondary N) is 1. The molecular weight excluding hydrogens is 560 g/mol. The topological polar surface area (TPSA) is 75.4 Å². The van der Waals surface area contributed by atoms with Crippen molar-refractivity contribution in [2.75, 3.05) is 17.2 Å². The average molecular weight is 591 g/mol. The SMILES string of the molecule is CC.Nc1ccc(N(CC2=CC(Cc3ccc(F)cc3)(NC(=O)C(Cl)(Cl)Cl)CC2)C(=O)c2ccccc2)cc1. The molecule has 0 saturated heterocycles. The minimum Gasteiger partial charge on any atom is -0.399 e. The van der Waals surface area contributed by atoms with Gasteiger partial charge in [-0.25, -0.2) is 4.39 Å². The Morgan fingerprint density at radius 3 is 2.18 bits per heavy atom. The fraction of sp³-hybridized carbons (Fsp3) is 0.267. The lowest BCUT2D eigenvalue weighted by Crippen LogP contribution is -2.51. The van der Waals surface area contributed by atoms with Gasteiger partial charge in [0.2, 0.25) is 0 Å². The van der Waals surface area contributed by atoms with Crippen LogP contribution in [-0.2, 0) is 11.2 Å². The Labute approximate surface area is 243 Å². The Hall–Kier alpha value is -3.06. The maximum absolute atomic E-state index is 13.5. The molecule has 1 aliphatic rings. The molecule has 3 N–H and O–H groups in total. The van der Waals surface area contributed by atoms with Crippen LogP contribution < -0.4 is 16.0 Å². The van der Waals surface area contributed by atoms with Crippen LogP contribution in [0.4, 0.5) is 15.8 Å². The molecule has 3 aromatic rings. The van der Waals surface area contributed by atoms with Gasteiger partial charge in [-0.2, -0.15) is 0 Å². The van der Waals surface area contributed by atoms with Crippen molar-refractivity contribution in [1.29, 1.82) is 0 Å². The standard InChI is InChI=1S/C28H25Cl3FN3O2.C2H6/c29-28(30,31)26(37)34-27(16-19-6-8-22(32)9-7-19)15-14-20(17-27)18-35(24-12-10-23(33)11-13-24)25(36)21-4-2-1-3-5-21;1-2/h1-13,17H,14-16,18,33H2,(H,34,37);1-2H3. The molecular formula is C30H31Cl3FN3O2. The number of nitrogens with zero attached hydrogens (tertiary/aromatic N) is 1. The van der Waals surface area contributed by atoms with E-state index in [-0.39, 0.29) is 18.3 Å². The molecule has 1 aliphatic carbocycles. The third kappa shape index (κ3) is 8.21. The normalized spacial score (nSPS) is 16.5. The van der Waals surface area contributed by atoms with Crippen LogP contribution in [0.15, 0.2) is 90.5 Å². The highest BCUT2D eigenvalue weighted by atomic mass is 35.6. The molecule has 0 bridgehead atoms. The maximum Gasteiger partial charge on any atom is 0.272 e. The second kappa shape index (κ2) is 13.3. The van der Waals surface area contributed by atoms with Gasteiger partial charge in [-0.3, -0.25) is 9.59 Å². The van der Waals surface area contributed by atoms with Crippen LogP contribution in [0.5, 0.6) is 0 Å². The van der Waals surface area contributed by atoms with Crippen molar-refractivity contribution in [1.82, 2.24) is 5.32 Å². The monoisotopic (exact) mass is 589 g/mol. The summed E-state index contributed by atoms with van der Waals surface area (Å²) in [6, 6.07) is 22.1. The van der Waals surface area contributed by atoms with E-state index in [0.29, 0.717) is 36.2 Å². The van der Waals surface area contributed by atoms with Crippen LogP contribution in [0.25, 0.3) is 0 Å². The van der Waals surface area contributed by atoms with E-state index in [1.807, 2.05) is 38.1 Å². The van der Waals surface area contributed by atoms with Crippen molar-refractivity contribution in [2.45, 2.75) is 42.4 Å². The van der Waals surface area contributed by atoms with Gasteiger partial charge in [-0.05, 0) is 73.4 Å². The highest BCUT2D eigenvalue weighted by molar-refractivity contribution is 6.76. The number of rotatable bonds is 7. The molecule has 1 atom stereocenters. The van der Waals surface area contributed by atoms with Gasteiger partial charge in [0.05, 0.1) is 5.54 Å². The number of benzene rings is 3. The fourth-order valence-electron chi connectivity index (χ4n) is 4.46. The third-order valence-electron chi connectivity index (χ3n) is 6.26. The number of nitrogens with two attached hydrogens (primary N) is 1. The van der Waals surface area contributed by atoms with Crippen molar-refractivity contribution in [3.8, 4) is 0 Å². The van der Waals surface area contributed by atoms with Crippen molar-refractivity contribution in [3.63, 3.8) is 0 Å². The number of carbonyl (C=O) groups is 2. The molecule has 0 radical (unpaired) electrons. The Balaban J connectivity index is 0.00000205. The predicted molar refractivity (Wildman–Crippen MR) is 159 cm³/mol. The molecule has 39 heavy (non-hydrogen) atoms. The van der Waals surface area contributed by atoms with Crippen LogP contribution in [0.1, 0.15) is 42.6 Å². The summed E-state index contributed by atoms with van der Waals surface area (Å²) in [7, 11) is 0. The van der Waals surface area contributed by atoms with Crippen LogP contribution >= 0.6 is 34.8 Å².